The number of rotatable bonds is 11. The lowest BCUT2D eigenvalue weighted by Gasteiger charge is -2.36. The van der Waals surface area contributed by atoms with E-state index in [9.17, 15) is 18.0 Å². The van der Waals surface area contributed by atoms with Crippen LogP contribution in [0.1, 0.15) is 57.7 Å². The molecule has 5 aromatic heterocycles. The number of anilines is 4. The summed E-state index contributed by atoms with van der Waals surface area (Å²) in [5, 5.41) is 23.9. The summed E-state index contributed by atoms with van der Waals surface area (Å²) in [6.45, 7) is 6.76. The van der Waals surface area contributed by atoms with Gasteiger partial charge in [0.25, 0.3) is 10.0 Å². The number of urea groups is 1. The number of nitrogens with zero attached hydrogens (tertiary/aromatic N) is 12. The number of piperidine rings is 1. The molecule has 53 heavy (non-hydrogen) atoms. The molecule has 1 aliphatic carbocycles. The van der Waals surface area contributed by atoms with E-state index in [1.54, 1.807) is 18.3 Å². The van der Waals surface area contributed by atoms with E-state index in [0.717, 1.165) is 52.4 Å². The van der Waals surface area contributed by atoms with Gasteiger partial charge in [0.15, 0.2) is 17.5 Å². The van der Waals surface area contributed by atoms with Crippen LogP contribution in [-0.2, 0) is 21.4 Å². The van der Waals surface area contributed by atoms with Gasteiger partial charge < -0.3 is 10.2 Å². The number of hydrogen-bond acceptors (Lipinski definition) is 14. The quantitative estimate of drug-likeness (QED) is 0.200. The summed E-state index contributed by atoms with van der Waals surface area (Å²) in [4.78, 5) is 43.3. The molecular weight excluding hydrogens is 701 g/mol. The molecule has 0 spiro atoms. The van der Waals surface area contributed by atoms with Crippen molar-refractivity contribution in [2.75, 3.05) is 41.8 Å². The molecule has 19 heteroatoms. The van der Waals surface area contributed by atoms with E-state index in [2.05, 4.69) is 66.6 Å². The molecule has 0 atom stereocenters. The van der Waals surface area contributed by atoms with Crippen molar-refractivity contribution >= 4 is 56.1 Å². The average Bonchev–Trinajstić information content (AvgIpc) is 3.77. The maximum Gasteiger partial charge on any atom is 0.329 e. The van der Waals surface area contributed by atoms with E-state index in [4.69, 9.17) is 10.1 Å². The van der Waals surface area contributed by atoms with Crippen LogP contribution in [0.3, 0.4) is 0 Å². The van der Waals surface area contributed by atoms with E-state index in [-0.39, 0.29) is 30.2 Å². The normalized spacial score (nSPS) is 17.3. The molecule has 3 fully saturated rings. The number of amides is 3. The fourth-order valence-electron chi connectivity index (χ4n) is 6.76. The molecule has 2 saturated heterocycles. The van der Waals surface area contributed by atoms with E-state index in [0.29, 0.717) is 54.3 Å². The Morgan fingerprint density at radius 3 is 2.53 bits per heavy atom. The van der Waals surface area contributed by atoms with Gasteiger partial charge in [0.2, 0.25) is 5.91 Å². The first-order valence-corrected chi connectivity index (χ1v) is 19.2. The molecule has 5 aromatic rings. The highest BCUT2D eigenvalue weighted by Gasteiger charge is 2.38. The maximum atomic E-state index is 12.6. The Balaban J connectivity index is 0.921. The molecule has 3 amide bonds. The predicted octanol–water partition coefficient (Wildman–Crippen LogP) is 3.09. The predicted molar refractivity (Wildman–Crippen MR) is 196 cm³/mol. The second-order valence-corrected chi connectivity index (χ2v) is 16.0. The molecule has 0 unspecified atom stereocenters. The lowest BCUT2D eigenvalue weighted by atomic mass is 10.0. The van der Waals surface area contributed by atoms with Crippen LogP contribution < -0.4 is 20.4 Å². The fraction of sp³-hybridized carbons (Fsp3) is 0.441. The van der Waals surface area contributed by atoms with Crippen LogP contribution in [-0.4, -0.2) is 107 Å². The molecule has 0 radical (unpaired) electrons. The van der Waals surface area contributed by atoms with Crippen LogP contribution in [0, 0.1) is 0 Å². The highest BCUT2D eigenvalue weighted by molar-refractivity contribution is 7.90. The van der Waals surface area contributed by atoms with Crippen molar-refractivity contribution in [3.63, 3.8) is 0 Å². The second-order valence-electron chi connectivity index (χ2n) is 14.0. The van der Waals surface area contributed by atoms with E-state index >= 15 is 0 Å². The van der Waals surface area contributed by atoms with Gasteiger partial charge in [-0.2, -0.15) is 19.4 Å². The third-order valence-corrected chi connectivity index (χ3v) is 11.9. The van der Waals surface area contributed by atoms with Gasteiger partial charge in [0.05, 0.1) is 39.8 Å². The van der Waals surface area contributed by atoms with Gasteiger partial charge in [-0.25, -0.2) is 28.2 Å². The number of hydrogen-bond donors (Lipinski definition) is 2. The van der Waals surface area contributed by atoms with Crippen molar-refractivity contribution in [3.05, 3.63) is 54.7 Å². The summed E-state index contributed by atoms with van der Waals surface area (Å²) in [5.74, 6) is 2.50. The van der Waals surface area contributed by atoms with Crippen molar-refractivity contribution < 1.29 is 18.0 Å². The molecule has 2 N–H and O–H groups in total. The van der Waals surface area contributed by atoms with Crippen LogP contribution >= 0.6 is 0 Å². The fourth-order valence-corrected chi connectivity index (χ4v) is 8.23. The Morgan fingerprint density at radius 1 is 1.00 bits per heavy atom. The molecule has 0 bridgehead atoms. The van der Waals surface area contributed by atoms with Crippen LogP contribution in [0.25, 0.3) is 22.3 Å². The number of fused-ring (bicyclic) bond motifs is 1. The molecule has 7 heterocycles. The van der Waals surface area contributed by atoms with Crippen molar-refractivity contribution in [1.82, 2.24) is 54.3 Å². The Bertz CT molecular complexity index is 2280. The molecule has 276 valence electrons. The third kappa shape index (κ3) is 7.00. The van der Waals surface area contributed by atoms with Crippen molar-refractivity contribution in [2.24, 2.45) is 0 Å². The molecule has 18 nitrogen and oxygen atoms in total. The van der Waals surface area contributed by atoms with Gasteiger partial charge in [-0.05, 0) is 64.8 Å². The van der Waals surface area contributed by atoms with Gasteiger partial charge in [0.1, 0.15) is 11.6 Å². The van der Waals surface area contributed by atoms with Crippen molar-refractivity contribution in [1.29, 1.82) is 0 Å². The zero-order chi connectivity index (χ0) is 36.9. The minimum Gasteiger partial charge on any atom is -0.354 e. The Labute approximate surface area is 305 Å². The minimum atomic E-state index is -3.49. The van der Waals surface area contributed by atoms with Crippen molar-refractivity contribution in [2.45, 2.75) is 69.8 Å². The maximum absolute atomic E-state index is 12.6. The number of carbonyl (C=O) groups excluding carboxylic acids is 2. The van der Waals surface area contributed by atoms with Gasteiger partial charge in [-0.3, -0.25) is 24.6 Å². The van der Waals surface area contributed by atoms with Crippen LogP contribution in [0.2, 0.25) is 0 Å². The Hall–Kier alpha value is -5.56. The zero-order valence-electron chi connectivity index (χ0n) is 29.6. The number of carbonyl (C=O) groups is 2. The average molecular weight is 741 g/mol. The summed E-state index contributed by atoms with van der Waals surface area (Å²) >= 11 is 0. The largest absolute Gasteiger partial charge is 0.354 e. The molecule has 1 saturated carbocycles. The van der Waals surface area contributed by atoms with Crippen molar-refractivity contribution in [3.8, 4) is 11.4 Å². The highest BCUT2D eigenvalue weighted by Crippen LogP contribution is 2.33. The van der Waals surface area contributed by atoms with Gasteiger partial charge in [-0.15, -0.1) is 5.10 Å². The number of pyridine rings is 1. The monoisotopic (exact) mass is 740 g/mol. The molecular formula is C34H40N14O4S. The third-order valence-electron chi connectivity index (χ3n) is 9.83. The summed E-state index contributed by atoms with van der Waals surface area (Å²) in [5.41, 5.74) is 2.26. The first-order valence-electron chi connectivity index (χ1n) is 17.7. The standard InChI is InChI=1S/C34H40N14O4S/c1-21(2)48-27-16-29(38-28-8-12-35-32(39-28)22-17-37-47(19-22)53(51,52)25-5-6-25)36-18-26(27)33(43-48)45-13-9-24(10-14-45)44(3)20-23-4-7-30(42-41-23)46-15-11-31(49)40-34(46)50/h4,7-8,12,16-19,21,24-25H,5-6,9-11,13-15,20H2,1-3H3,(H,40,49,50)(H,35,36,38,39). The Morgan fingerprint density at radius 2 is 1.81 bits per heavy atom. The van der Waals surface area contributed by atoms with Crippen LogP contribution in [0.15, 0.2) is 49.1 Å². The molecule has 2 aliphatic heterocycles. The van der Waals surface area contributed by atoms with E-state index < -0.39 is 16.1 Å². The zero-order valence-corrected chi connectivity index (χ0v) is 30.4. The number of imide groups is 1. The van der Waals surface area contributed by atoms with Gasteiger partial charge in [0, 0.05) is 63.1 Å². The van der Waals surface area contributed by atoms with E-state index in [1.807, 2.05) is 23.0 Å². The van der Waals surface area contributed by atoms with E-state index in [1.165, 1.54) is 17.3 Å². The SMILES string of the molecule is CC(C)n1nc(N2CCC(N(C)Cc3ccc(N4CCC(=O)NC4=O)nn3)CC2)c2cnc(Nc3ccnc(-c4cnn(S(=O)(=O)C5CC5)c4)n3)cc21. The second kappa shape index (κ2) is 13.8. The van der Waals surface area contributed by atoms with Crippen LogP contribution in [0.4, 0.5) is 28.1 Å². The topological polar surface area (TPSA) is 202 Å². The first kappa shape index (κ1) is 34.5. The number of aromatic nitrogens is 9. The van der Waals surface area contributed by atoms with Gasteiger partial charge >= 0.3 is 6.03 Å². The molecule has 8 rings (SSSR count). The Kier molecular flexibility index (Phi) is 8.97. The molecule has 3 aliphatic rings. The first-order chi connectivity index (χ1) is 25.5. The summed E-state index contributed by atoms with van der Waals surface area (Å²) in [7, 11) is -1.40. The van der Waals surface area contributed by atoms with Crippen LogP contribution in [0.5, 0.6) is 0 Å². The summed E-state index contributed by atoms with van der Waals surface area (Å²) in [6.07, 6.45) is 9.80. The van der Waals surface area contributed by atoms with Gasteiger partial charge in [-0.1, -0.05) is 0 Å². The lowest BCUT2D eigenvalue weighted by Crippen LogP contribution is -2.50. The minimum absolute atomic E-state index is 0.110. The smallest absolute Gasteiger partial charge is 0.329 e. The number of nitrogens with one attached hydrogen (secondary N) is 2. The molecule has 0 aromatic carbocycles. The summed E-state index contributed by atoms with van der Waals surface area (Å²) in [6, 6.07) is 7.32. The summed E-state index contributed by atoms with van der Waals surface area (Å²) < 4.78 is 28.2. The lowest BCUT2D eigenvalue weighted by molar-refractivity contribution is -0.120. The highest BCUT2D eigenvalue weighted by atomic mass is 32.2.